The fraction of sp³-hybridized carbons (Fsp3) is 0.500. The van der Waals surface area contributed by atoms with E-state index in [-0.39, 0.29) is 5.97 Å². The van der Waals surface area contributed by atoms with Gasteiger partial charge in [-0.25, -0.2) is 0 Å². The first-order chi connectivity index (χ1) is 8.17. The summed E-state index contributed by atoms with van der Waals surface area (Å²) in [6, 6.07) is 5.59. The normalized spacial score (nSPS) is 9.82. The molecule has 94 valence electrons. The van der Waals surface area contributed by atoms with Gasteiger partial charge in [0.1, 0.15) is 5.82 Å². The number of nitrogens with zero attached hydrogens (tertiary/aromatic N) is 2. The van der Waals surface area contributed by atoms with Crippen molar-refractivity contribution in [1.82, 2.24) is 4.98 Å². The molecule has 0 N–H and O–H groups in total. The summed E-state index contributed by atoms with van der Waals surface area (Å²) in [5.74, 6) is 1.23. The molecule has 1 aromatic rings. The van der Waals surface area contributed by atoms with Crippen molar-refractivity contribution in [2.24, 2.45) is 0 Å². The molecule has 1 heterocycles. The molecular formula is C12H18N2O3. The number of anilines is 1. The predicted molar refractivity (Wildman–Crippen MR) is 65.3 cm³/mol. The van der Waals surface area contributed by atoms with Crippen molar-refractivity contribution in [1.29, 1.82) is 0 Å². The maximum Gasteiger partial charge on any atom is 0.305 e. The number of methoxy groups -OCH3 is 2. The summed E-state index contributed by atoms with van der Waals surface area (Å²) in [5, 5.41) is 0. The topological polar surface area (TPSA) is 51.7 Å². The van der Waals surface area contributed by atoms with Gasteiger partial charge in [0.15, 0.2) is 0 Å². The molecule has 0 saturated heterocycles. The van der Waals surface area contributed by atoms with Crippen molar-refractivity contribution >= 4 is 11.8 Å². The van der Waals surface area contributed by atoms with E-state index in [0.717, 1.165) is 18.8 Å². The Balaban J connectivity index is 2.46. The van der Waals surface area contributed by atoms with E-state index in [1.165, 1.54) is 7.11 Å². The molecule has 0 radical (unpaired) electrons. The number of carbonyl (C=O) groups is 1. The number of esters is 1. The van der Waals surface area contributed by atoms with Crippen LogP contribution in [0, 0.1) is 0 Å². The maximum atomic E-state index is 11.0. The number of carbonyl (C=O) groups excluding carboxylic acids is 1. The minimum atomic E-state index is -0.183. The highest BCUT2D eigenvalue weighted by atomic mass is 16.5. The molecule has 0 spiro atoms. The Morgan fingerprint density at radius 1 is 1.41 bits per heavy atom. The van der Waals surface area contributed by atoms with Gasteiger partial charge in [-0.2, -0.15) is 4.98 Å². The molecule has 0 aliphatic carbocycles. The first-order valence-corrected chi connectivity index (χ1v) is 5.46. The smallest absolute Gasteiger partial charge is 0.305 e. The average Bonchev–Trinajstić information content (AvgIpc) is 2.38. The summed E-state index contributed by atoms with van der Waals surface area (Å²) >= 11 is 0. The van der Waals surface area contributed by atoms with E-state index in [4.69, 9.17) is 4.74 Å². The minimum Gasteiger partial charge on any atom is -0.481 e. The van der Waals surface area contributed by atoms with Crippen molar-refractivity contribution < 1.29 is 14.3 Å². The molecule has 0 bridgehead atoms. The van der Waals surface area contributed by atoms with Gasteiger partial charge in [0, 0.05) is 26.1 Å². The van der Waals surface area contributed by atoms with E-state index in [2.05, 4.69) is 9.72 Å². The van der Waals surface area contributed by atoms with Crippen LogP contribution in [0.5, 0.6) is 5.88 Å². The molecule has 0 aromatic carbocycles. The van der Waals surface area contributed by atoms with Crippen LogP contribution in [0.25, 0.3) is 0 Å². The van der Waals surface area contributed by atoms with Crippen LogP contribution in [0.1, 0.15) is 12.8 Å². The summed E-state index contributed by atoms with van der Waals surface area (Å²) in [5.41, 5.74) is 0. The van der Waals surface area contributed by atoms with E-state index in [1.807, 2.05) is 24.1 Å². The number of hydrogen-bond acceptors (Lipinski definition) is 5. The van der Waals surface area contributed by atoms with Gasteiger partial charge < -0.3 is 14.4 Å². The van der Waals surface area contributed by atoms with Gasteiger partial charge in [-0.1, -0.05) is 6.07 Å². The van der Waals surface area contributed by atoms with Gasteiger partial charge >= 0.3 is 5.97 Å². The first kappa shape index (κ1) is 13.3. The molecule has 17 heavy (non-hydrogen) atoms. The van der Waals surface area contributed by atoms with Crippen molar-refractivity contribution in [2.45, 2.75) is 12.8 Å². The van der Waals surface area contributed by atoms with Crippen LogP contribution < -0.4 is 9.64 Å². The number of ether oxygens (including phenoxy) is 2. The Morgan fingerprint density at radius 2 is 2.18 bits per heavy atom. The number of hydrogen-bond donors (Lipinski definition) is 0. The van der Waals surface area contributed by atoms with E-state index in [1.54, 1.807) is 13.2 Å². The van der Waals surface area contributed by atoms with Crippen molar-refractivity contribution in [3.05, 3.63) is 18.2 Å². The van der Waals surface area contributed by atoms with Crippen molar-refractivity contribution in [3.63, 3.8) is 0 Å². The Labute approximate surface area is 101 Å². The first-order valence-electron chi connectivity index (χ1n) is 5.46. The minimum absolute atomic E-state index is 0.183. The summed E-state index contributed by atoms with van der Waals surface area (Å²) in [6.07, 6.45) is 1.16. The summed E-state index contributed by atoms with van der Waals surface area (Å²) in [4.78, 5) is 17.2. The van der Waals surface area contributed by atoms with Crippen LogP contribution in [-0.4, -0.2) is 38.8 Å². The monoisotopic (exact) mass is 238 g/mol. The predicted octanol–water partition coefficient (Wildman–Crippen LogP) is 1.48. The van der Waals surface area contributed by atoms with Gasteiger partial charge in [0.05, 0.1) is 14.2 Å². The Hall–Kier alpha value is -1.78. The lowest BCUT2D eigenvalue weighted by Crippen LogP contribution is -2.20. The summed E-state index contributed by atoms with van der Waals surface area (Å²) in [7, 11) is 4.91. The van der Waals surface area contributed by atoms with Gasteiger partial charge in [-0.3, -0.25) is 4.79 Å². The molecule has 0 saturated carbocycles. The molecule has 5 nitrogen and oxygen atoms in total. The highest BCUT2D eigenvalue weighted by Gasteiger charge is 2.05. The summed E-state index contributed by atoms with van der Waals surface area (Å²) < 4.78 is 9.63. The molecule has 0 fully saturated rings. The second-order valence-corrected chi connectivity index (χ2v) is 3.64. The fourth-order valence-corrected chi connectivity index (χ4v) is 1.41. The SMILES string of the molecule is COC(=O)CCCN(C)c1cccc(OC)n1. The average molecular weight is 238 g/mol. The Morgan fingerprint density at radius 3 is 2.82 bits per heavy atom. The highest BCUT2D eigenvalue weighted by Crippen LogP contribution is 2.14. The van der Waals surface area contributed by atoms with E-state index >= 15 is 0 Å². The fourth-order valence-electron chi connectivity index (χ4n) is 1.41. The quantitative estimate of drug-likeness (QED) is 0.703. The molecule has 1 rings (SSSR count). The number of aromatic nitrogens is 1. The number of pyridine rings is 1. The third-order valence-corrected chi connectivity index (χ3v) is 2.41. The van der Waals surface area contributed by atoms with E-state index < -0.39 is 0 Å². The third-order valence-electron chi connectivity index (χ3n) is 2.41. The number of rotatable bonds is 6. The van der Waals surface area contributed by atoms with Crippen LogP contribution in [0.3, 0.4) is 0 Å². The largest absolute Gasteiger partial charge is 0.481 e. The Kier molecular flexibility index (Phi) is 5.26. The molecule has 5 heteroatoms. The zero-order valence-electron chi connectivity index (χ0n) is 10.5. The zero-order chi connectivity index (χ0) is 12.7. The van der Waals surface area contributed by atoms with Gasteiger partial charge in [0.25, 0.3) is 0 Å². The van der Waals surface area contributed by atoms with Crippen LogP contribution in [0.2, 0.25) is 0 Å². The standard InChI is InChI=1S/C12H18N2O3/c1-14(9-5-8-12(15)17-3)10-6-4-7-11(13-10)16-2/h4,6-7H,5,8-9H2,1-3H3. The lowest BCUT2D eigenvalue weighted by Gasteiger charge is -2.18. The van der Waals surface area contributed by atoms with Gasteiger partial charge in [-0.15, -0.1) is 0 Å². The highest BCUT2D eigenvalue weighted by molar-refractivity contribution is 5.69. The molecule has 0 aliphatic heterocycles. The third kappa shape index (κ3) is 4.30. The van der Waals surface area contributed by atoms with Crippen LogP contribution in [0.15, 0.2) is 18.2 Å². The molecular weight excluding hydrogens is 220 g/mol. The van der Waals surface area contributed by atoms with Crippen LogP contribution >= 0.6 is 0 Å². The lowest BCUT2D eigenvalue weighted by atomic mass is 10.3. The van der Waals surface area contributed by atoms with Gasteiger partial charge in [0.2, 0.25) is 5.88 Å². The van der Waals surface area contributed by atoms with Crippen LogP contribution in [0.4, 0.5) is 5.82 Å². The second-order valence-electron chi connectivity index (χ2n) is 3.64. The van der Waals surface area contributed by atoms with E-state index in [9.17, 15) is 4.79 Å². The van der Waals surface area contributed by atoms with Crippen molar-refractivity contribution in [2.75, 3.05) is 32.7 Å². The molecule has 1 aromatic heterocycles. The Bertz CT molecular complexity index is 369. The lowest BCUT2D eigenvalue weighted by molar-refractivity contribution is -0.140. The molecule has 0 atom stereocenters. The van der Waals surface area contributed by atoms with Crippen LogP contribution in [-0.2, 0) is 9.53 Å². The molecule has 0 amide bonds. The van der Waals surface area contributed by atoms with Crippen molar-refractivity contribution in [3.8, 4) is 5.88 Å². The summed E-state index contributed by atoms with van der Waals surface area (Å²) in [6.45, 7) is 0.745. The van der Waals surface area contributed by atoms with E-state index in [0.29, 0.717) is 12.3 Å². The maximum absolute atomic E-state index is 11.0. The molecule has 0 unspecified atom stereocenters. The molecule has 0 aliphatic rings. The second kappa shape index (κ2) is 6.73. The van der Waals surface area contributed by atoms with Gasteiger partial charge in [-0.05, 0) is 12.5 Å². The zero-order valence-corrected chi connectivity index (χ0v) is 10.5.